The van der Waals surface area contributed by atoms with Gasteiger partial charge in [0.05, 0.1) is 18.1 Å². The van der Waals surface area contributed by atoms with Crippen molar-refractivity contribution in [1.29, 1.82) is 0 Å². The fourth-order valence-corrected chi connectivity index (χ4v) is 4.19. The third kappa shape index (κ3) is 5.72. The molecule has 0 aliphatic heterocycles. The number of methoxy groups -OCH3 is 1. The van der Waals surface area contributed by atoms with Gasteiger partial charge in [-0.2, -0.15) is 0 Å². The highest BCUT2D eigenvalue weighted by atomic mass is 16.5. The van der Waals surface area contributed by atoms with Crippen LogP contribution in [-0.2, 0) is 11.2 Å². The summed E-state index contributed by atoms with van der Waals surface area (Å²) in [6.45, 7) is 1.98. The average Bonchev–Trinajstić information content (AvgIpc) is 3.21. The van der Waals surface area contributed by atoms with Crippen LogP contribution in [0, 0.1) is 0 Å². The number of carbonyl (C=O) groups is 1. The van der Waals surface area contributed by atoms with Crippen LogP contribution >= 0.6 is 0 Å². The van der Waals surface area contributed by atoms with Crippen LogP contribution in [0.2, 0.25) is 0 Å². The molecule has 0 saturated heterocycles. The Morgan fingerprint density at radius 3 is 2.59 bits per heavy atom. The smallest absolute Gasteiger partial charge is 0.337 e. The molecule has 0 atom stereocenters. The number of aromatic amines is 1. The highest BCUT2D eigenvalue weighted by molar-refractivity contribution is 6.12. The summed E-state index contributed by atoms with van der Waals surface area (Å²) in [4.78, 5) is 27.4. The van der Waals surface area contributed by atoms with Gasteiger partial charge in [-0.1, -0.05) is 49.2 Å². The molecule has 2 N–H and O–H groups in total. The van der Waals surface area contributed by atoms with Crippen LogP contribution in [0.1, 0.15) is 47.4 Å². The Bertz CT molecular complexity index is 1250. The number of H-pyrrole nitrogens is 1. The van der Waals surface area contributed by atoms with Crippen LogP contribution in [0.5, 0.6) is 0 Å². The van der Waals surface area contributed by atoms with Gasteiger partial charge >= 0.3 is 5.97 Å². The minimum Gasteiger partial charge on any atom is -0.465 e. The molecule has 0 amide bonds. The van der Waals surface area contributed by atoms with Crippen LogP contribution in [0.15, 0.2) is 48.5 Å². The van der Waals surface area contributed by atoms with Crippen LogP contribution in [0.25, 0.3) is 21.9 Å². The van der Waals surface area contributed by atoms with Gasteiger partial charge in [0.15, 0.2) is 0 Å². The number of unbranched alkanes of at least 4 members (excludes halogenated alkanes) is 3. The molecule has 34 heavy (non-hydrogen) atoms. The molecule has 0 unspecified atom stereocenters. The first-order valence-corrected chi connectivity index (χ1v) is 11.9. The quantitative estimate of drug-likeness (QED) is 0.242. The largest absolute Gasteiger partial charge is 0.465 e. The van der Waals surface area contributed by atoms with E-state index in [1.807, 2.05) is 30.3 Å². The number of hydrogen-bond donors (Lipinski definition) is 2. The molecule has 7 heteroatoms. The Kier molecular flexibility index (Phi) is 7.75. The van der Waals surface area contributed by atoms with Gasteiger partial charge in [0.1, 0.15) is 17.3 Å². The highest BCUT2D eigenvalue weighted by Crippen LogP contribution is 2.31. The third-order valence-corrected chi connectivity index (χ3v) is 5.95. The van der Waals surface area contributed by atoms with Gasteiger partial charge in [-0.05, 0) is 51.2 Å². The number of anilines is 1. The van der Waals surface area contributed by atoms with Crippen LogP contribution in [0.4, 0.5) is 5.82 Å². The van der Waals surface area contributed by atoms with E-state index in [4.69, 9.17) is 14.7 Å². The fourth-order valence-electron chi connectivity index (χ4n) is 4.19. The molecular formula is C27H33N5O2. The zero-order valence-electron chi connectivity index (χ0n) is 20.2. The molecule has 178 valence electrons. The number of hydrogen-bond acceptors (Lipinski definition) is 6. The Balaban J connectivity index is 1.60. The summed E-state index contributed by atoms with van der Waals surface area (Å²) in [5, 5.41) is 5.51. The van der Waals surface area contributed by atoms with E-state index >= 15 is 0 Å². The summed E-state index contributed by atoms with van der Waals surface area (Å²) in [6, 6.07) is 15.8. The van der Waals surface area contributed by atoms with Crippen LogP contribution in [0.3, 0.4) is 0 Å². The van der Waals surface area contributed by atoms with E-state index < -0.39 is 0 Å². The normalized spacial score (nSPS) is 11.4. The molecule has 4 rings (SSSR count). The van der Waals surface area contributed by atoms with Gasteiger partial charge in [0, 0.05) is 23.9 Å². The Morgan fingerprint density at radius 1 is 1.03 bits per heavy atom. The lowest BCUT2D eigenvalue weighted by Gasteiger charge is -2.11. The van der Waals surface area contributed by atoms with E-state index in [0.717, 1.165) is 58.7 Å². The Hall–Kier alpha value is -3.45. The number of nitrogens with zero attached hydrogens (tertiary/aromatic N) is 3. The maximum atomic E-state index is 12.0. The van der Waals surface area contributed by atoms with Crippen LogP contribution < -0.4 is 5.32 Å². The molecule has 0 spiro atoms. The zero-order chi connectivity index (χ0) is 23.9. The molecule has 0 bridgehead atoms. The number of fused-ring (bicyclic) bond motifs is 3. The minimum atomic E-state index is -0.357. The zero-order valence-corrected chi connectivity index (χ0v) is 20.2. The Morgan fingerprint density at radius 2 is 1.82 bits per heavy atom. The number of benzene rings is 2. The lowest BCUT2D eigenvalue weighted by molar-refractivity contribution is 0.0601. The second-order valence-electron chi connectivity index (χ2n) is 8.90. The molecule has 0 aliphatic carbocycles. The Labute approximate surface area is 200 Å². The summed E-state index contributed by atoms with van der Waals surface area (Å²) < 4.78 is 4.88. The second kappa shape index (κ2) is 11.1. The first-order valence-electron chi connectivity index (χ1n) is 11.9. The summed E-state index contributed by atoms with van der Waals surface area (Å²) >= 11 is 0. The molecule has 0 radical (unpaired) electrons. The van der Waals surface area contributed by atoms with Crippen molar-refractivity contribution in [3.63, 3.8) is 0 Å². The molecule has 2 heterocycles. The maximum Gasteiger partial charge on any atom is 0.337 e. The predicted octanol–water partition coefficient (Wildman–Crippen LogP) is 5.02. The van der Waals surface area contributed by atoms with E-state index in [-0.39, 0.29) is 5.97 Å². The van der Waals surface area contributed by atoms with Gasteiger partial charge in [-0.15, -0.1) is 0 Å². The number of nitrogens with one attached hydrogen (secondary N) is 2. The van der Waals surface area contributed by atoms with Crippen molar-refractivity contribution in [2.24, 2.45) is 0 Å². The van der Waals surface area contributed by atoms with E-state index in [1.54, 1.807) is 6.07 Å². The molecule has 7 nitrogen and oxygen atoms in total. The van der Waals surface area contributed by atoms with E-state index in [9.17, 15) is 4.79 Å². The maximum absolute atomic E-state index is 12.0. The van der Waals surface area contributed by atoms with E-state index in [0.29, 0.717) is 12.0 Å². The van der Waals surface area contributed by atoms with Gasteiger partial charge in [0.25, 0.3) is 0 Å². The van der Waals surface area contributed by atoms with Crippen molar-refractivity contribution in [2.45, 2.75) is 32.1 Å². The van der Waals surface area contributed by atoms with Crippen molar-refractivity contribution >= 4 is 33.7 Å². The number of aromatic nitrogens is 3. The first-order chi connectivity index (χ1) is 16.5. The molecule has 4 aromatic rings. The monoisotopic (exact) mass is 459 g/mol. The van der Waals surface area contributed by atoms with Gasteiger partial charge in [-0.25, -0.2) is 14.8 Å². The van der Waals surface area contributed by atoms with Crippen molar-refractivity contribution in [2.75, 3.05) is 39.6 Å². The summed E-state index contributed by atoms with van der Waals surface area (Å²) in [7, 11) is 5.62. The van der Waals surface area contributed by atoms with Crippen molar-refractivity contribution in [1.82, 2.24) is 19.9 Å². The molecule has 0 aliphatic rings. The summed E-state index contributed by atoms with van der Waals surface area (Å²) in [5.41, 5.74) is 3.28. The minimum absolute atomic E-state index is 0.357. The van der Waals surface area contributed by atoms with E-state index in [2.05, 4.69) is 41.4 Å². The molecule has 2 aromatic carbocycles. The molecule has 0 fully saturated rings. The number of carbonyl (C=O) groups excluding carboxylic acids is 1. The standard InChI is InChI=1S/C27H33N5O2/c1-32(2)16-10-5-4-9-15-28-25-24-21-14-13-20(27(33)34-3)18-22(21)29-26(24)31-23(30-25)17-19-11-7-6-8-12-19/h6-8,11-14,18H,4-5,9-10,15-17H2,1-3H3,(H2,28,29,30,31). The molecule has 2 aromatic heterocycles. The SMILES string of the molecule is COC(=O)c1ccc2c(c1)[nH]c1nc(Cc3ccccc3)nc(NCCCCCCN(C)C)c12. The number of esters is 1. The number of ether oxygens (including phenoxy) is 1. The highest BCUT2D eigenvalue weighted by Gasteiger charge is 2.16. The predicted molar refractivity (Wildman–Crippen MR) is 137 cm³/mol. The lowest BCUT2D eigenvalue weighted by atomic mass is 10.1. The van der Waals surface area contributed by atoms with Crippen molar-refractivity contribution < 1.29 is 9.53 Å². The second-order valence-corrected chi connectivity index (χ2v) is 8.90. The van der Waals surface area contributed by atoms with Crippen molar-refractivity contribution in [3.8, 4) is 0 Å². The topological polar surface area (TPSA) is 83.1 Å². The fraction of sp³-hybridized carbons (Fsp3) is 0.370. The molecular weight excluding hydrogens is 426 g/mol. The van der Waals surface area contributed by atoms with Gasteiger partial charge in [-0.3, -0.25) is 0 Å². The summed E-state index contributed by atoms with van der Waals surface area (Å²) in [5.74, 6) is 1.23. The molecule has 0 saturated carbocycles. The third-order valence-electron chi connectivity index (χ3n) is 5.95. The average molecular weight is 460 g/mol. The van der Waals surface area contributed by atoms with Crippen molar-refractivity contribution in [3.05, 3.63) is 65.5 Å². The van der Waals surface area contributed by atoms with Gasteiger partial charge < -0.3 is 19.9 Å². The summed E-state index contributed by atoms with van der Waals surface area (Å²) in [6.07, 6.45) is 5.36. The van der Waals surface area contributed by atoms with Crippen LogP contribution in [-0.4, -0.2) is 60.1 Å². The first kappa shape index (κ1) is 23.7. The van der Waals surface area contributed by atoms with Gasteiger partial charge in [0.2, 0.25) is 0 Å². The number of rotatable bonds is 11. The van der Waals surface area contributed by atoms with E-state index in [1.165, 1.54) is 26.4 Å². The lowest BCUT2D eigenvalue weighted by Crippen LogP contribution is -2.12.